The third-order valence-electron chi connectivity index (χ3n) is 6.01. The summed E-state index contributed by atoms with van der Waals surface area (Å²) < 4.78 is 55.6. The number of alkyl halides is 2. The van der Waals surface area contributed by atoms with Crippen molar-refractivity contribution in [1.82, 2.24) is 24.2 Å². The molecule has 4 heterocycles. The number of nitrogens with zero attached hydrogens (tertiary/aromatic N) is 4. The Labute approximate surface area is 175 Å². The van der Waals surface area contributed by atoms with Crippen molar-refractivity contribution in [2.45, 2.75) is 56.7 Å². The third kappa shape index (κ3) is 4.28. The molecule has 0 amide bonds. The van der Waals surface area contributed by atoms with Crippen molar-refractivity contribution in [2.24, 2.45) is 0 Å². The van der Waals surface area contributed by atoms with E-state index in [1.165, 1.54) is 0 Å². The summed E-state index contributed by atoms with van der Waals surface area (Å²) in [5.41, 5.74) is 0.411. The topological polar surface area (TPSA) is 92.2 Å². The summed E-state index contributed by atoms with van der Waals surface area (Å²) in [7, 11) is -3.42. The summed E-state index contributed by atoms with van der Waals surface area (Å²) in [5.74, 6) is 0.256. The van der Waals surface area contributed by atoms with Gasteiger partial charge in [0.1, 0.15) is 18.0 Å². The normalized spacial score (nSPS) is 30.4. The van der Waals surface area contributed by atoms with Crippen molar-refractivity contribution < 1.29 is 17.2 Å². The average molecular weight is 443 g/mol. The van der Waals surface area contributed by atoms with E-state index in [2.05, 4.69) is 20.6 Å². The molecule has 2 fully saturated rings. The Morgan fingerprint density at radius 2 is 2.07 bits per heavy atom. The second-order valence-corrected chi connectivity index (χ2v) is 10.9. The highest BCUT2D eigenvalue weighted by Gasteiger charge is 2.37. The molecule has 166 valence electrons. The van der Waals surface area contributed by atoms with Crippen LogP contribution in [0.25, 0.3) is 11.0 Å². The Bertz CT molecular complexity index is 1030. The van der Waals surface area contributed by atoms with Crippen molar-refractivity contribution in [3.05, 3.63) is 18.5 Å². The third-order valence-corrected chi connectivity index (χ3v) is 7.28. The first-order chi connectivity index (χ1) is 14.0. The van der Waals surface area contributed by atoms with Gasteiger partial charge in [-0.05, 0) is 32.8 Å². The summed E-state index contributed by atoms with van der Waals surface area (Å²) in [6.07, 6.45) is 3.05. The van der Waals surface area contributed by atoms with Gasteiger partial charge in [-0.3, -0.25) is 0 Å². The lowest BCUT2D eigenvalue weighted by Crippen LogP contribution is -2.52. The number of hydrogen-bond acceptors (Lipinski definition) is 6. The Morgan fingerprint density at radius 3 is 2.77 bits per heavy atom. The van der Waals surface area contributed by atoms with E-state index in [1.54, 1.807) is 6.20 Å². The van der Waals surface area contributed by atoms with Crippen LogP contribution in [0.2, 0.25) is 0 Å². The van der Waals surface area contributed by atoms with Crippen LogP contribution in [0.15, 0.2) is 18.5 Å². The van der Waals surface area contributed by atoms with Gasteiger partial charge < -0.3 is 15.2 Å². The van der Waals surface area contributed by atoms with Crippen molar-refractivity contribution in [3.63, 3.8) is 0 Å². The minimum Gasteiger partial charge on any atom is -0.348 e. The highest BCUT2D eigenvalue weighted by molar-refractivity contribution is 7.88. The number of aromatic nitrogens is 3. The van der Waals surface area contributed by atoms with E-state index in [0.29, 0.717) is 18.5 Å². The van der Waals surface area contributed by atoms with Gasteiger partial charge in [0.2, 0.25) is 16.0 Å². The van der Waals surface area contributed by atoms with Gasteiger partial charge in [-0.25, -0.2) is 22.2 Å². The molecule has 2 aromatic heterocycles. The van der Waals surface area contributed by atoms with Crippen LogP contribution in [0.3, 0.4) is 0 Å². The van der Waals surface area contributed by atoms with Gasteiger partial charge in [-0.2, -0.15) is 9.29 Å². The molecule has 4 rings (SSSR count). The van der Waals surface area contributed by atoms with Crippen LogP contribution in [0.5, 0.6) is 0 Å². The maximum absolute atomic E-state index is 14.7. The van der Waals surface area contributed by atoms with Crippen molar-refractivity contribution in [3.8, 4) is 0 Å². The summed E-state index contributed by atoms with van der Waals surface area (Å²) in [6, 6.07) is 0.910. The Morgan fingerprint density at radius 1 is 1.30 bits per heavy atom. The fraction of sp³-hybridized carbons (Fsp3) is 0.684. The minimum atomic E-state index is -3.42. The number of anilines is 1. The van der Waals surface area contributed by atoms with Crippen LogP contribution in [-0.4, -0.2) is 77.1 Å². The van der Waals surface area contributed by atoms with Crippen LogP contribution in [-0.2, 0) is 10.0 Å². The van der Waals surface area contributed by atoms with Crippen molar-refractivity contribution in [2.75, 3.05) is 31.2 Å². The summed E-state index contributed by atoms with van der Waals surface area (Å²) in [5, 5.41) is 7.00. The minimum absolute atomic E-state index is 0.188. The maximum Gasteiger partial charge on any atom is 0.224 e. The molecule has 30 heavy (non-hydrogen) atoms. The molecule has 0 unspecified atom stereocenters. The zero-order chi connectivity index (χ0) is 21.7. The molecule has 2 saturated heterocycles. The van der Waals surface area contributed by atoms with Crippen LogP contribution in [0, 0.1) is 0 Å². The first kappa shape index (κ1) is 21.4. The number of fused-ring (bicyclic) bond motifs is 1. The summed E-state index contributed by atoms with van der Waals surface area (Å²) >= 11 is 0. The van der Waals surface area contributed by atoms with E-state index in [4.69, 9.17) is 0 Å². The SMILES string of the molecule is CC1(C)C[C@@H](n2ccc3cnc(N[C@@H]4CCN(S(C)(=O)=O)C[C@H]4F)nc32)[C@H](F)CN1. The van der Waals surface area contributed by atoms with Gasteiger partial charge in [-0.15, -0.1) is 0 Å². The van der Waals surface area contributed by atoms with Crippen molar-refractivity contribution >= 4 is 27.0 Å². The molecule has 2 aliphatic heterocycles. The predicted octanol–water partition coefficient (Wildman–Crippen LogP) is 1.87. The summed E-state index contributed by atoms with van der Waals surface area (Å²) in [6.45, 7) is 4.41. The zero-order valence-corrected chi connectivity index (χ0v) is 18.2. The smallest absolute Gasteiger partial charge is 0.224 e. The van der Waals surface area contributed by atoms with E-state index in [0.717, 1.165) is 15.9 Å². The lowest BCUT2D eigenvalue weighted by atomic mass is 9.88. The molecule has 8 nitrogen and oxygen atoms in total. The number of nitrogens with one attached hydrogen (secondary N) is 2. The standard InChI is InChI=1S/C19H28F2N6O2S/c1-19(2)8-16(13(20)10-23-19)27-7-4-12-9-22-18(25-17(12)27)24-15-5-6-26(11-14(15)21)30(3,28)29/h4,7,9,13-16,23H,5-6,8,10-11H2,1-3H3,(H,22,24,25)/t13-,14-,15-,16-/m1/s1. The van der Waals surface area contributed by atoms with Crippen LogP contribution in [0.4, 0.5) is 14.7 Å². The molecule has 0 bridgehead atoms. The Hall–Kier alpha value is -1.85. The number of rotatable bonds is 4. The van der Waals surface area contributed by atoms with Gasteiger partial charge >= 0.3 is 0 Å². The number of hydrogen-bond donors (Lipinski definition) is 2. The molecule has 2 aliphatic rings. The molecule has 0 radical (unpaired) electrons. The van der Waals surface area contributed by atoms with Crippen molar-refractivity contribution in [1.29, 1.82) is 0 Å². The molecule has 0 aromatic carbocycles. The molecule has 2 N–H and O–H groups in total. The van der Waals surface area contributed by atoms with E-state index < -0.39 is 28.4 Å². The highest BCUT2D eigenvalue weighted by atomic mass is 32.2. The van der Waals surface area contributed by atoms with Gasteiger partial charge in [0, 0.05) is 43.0 Å². The maximum atomic E-state index is 14.7. The van der Waals surface area contributed by atoms with E-state index in [-0.39, 0.29) is 37.2 Å². The highest BCUT2D eigenvalue weighted by Crippen LogP contribution is 2.33. The van der Waals surface area contributed by atoms with Gasteiger partial charge in [0.05, 0.1) is 18.3 Å². The molecular formula is C19H28F2N6O2S. The molecule has 2 aromatic rings. The van der Waals surface area contributed by atoms with Crippen LogP contribution >= 0.6 is 0 Å². The van der Waals surface area contributed by atoms with Gasteiger partial charge in [0.15, 0.2) is 0 Å². The van der Waals surface area contributed by atoms with Crippen LogP contribution in [0.1, 0.15) is 32.7 Å². The predicted molar refractivity (Wildman–Crippen MR) is 112 cm³/mol. The lowest BCUT2D eigenvalue weighted by molar-refractivity contribution is 0.125. The quantitative estimate of drug-likeness (QED) is 0.751. The largest absolute Gasteiger partial charge is 0.348 e. The molecule has 0 saturated carbocycles. The van der Waals surface area contributed by atoms with E-state index in [1.807, 2.05) is 30.7 Å². The molecule has 0 aliphatic carbocycles. The lowest BCUT2D eigenvalue weighted by Gasteiger charge is -2.39. The first-order valence-electron chi connectivity index (χ1n) is 10.1. The average Bonchev–Trinajstić information content (AvgIpc) is 3.07. The van der Waals surface area contributed by atoms with E-state index in [9.17, 15) is 17.2 Å². The fourth-order valence-corrected chi connectivity index (χ4v) is 5.14. The van der Waals surface area contributed by atoms with Gasteiger partial charge in [0.25, 0.3) is 0 Å². The van der Waals surface area contributed by atoms with E-state index >= 15 is 0 Å². The number of piperidine rings is 2. The monoisotopic (exact) mass is 442 g/mol. The van der Waals surface area contributed by atoms with Crippen LogP contribution < -0.4 is 10.6 Å². The Kier molecular flexibility index (Phi) is 5.48. The molecule has 4 atom stereocenters. The molecule has 0 spiro atoms. The number of sulfonamides is 1. The second-order valence-electron chi connectivity index (χ2n) is 8.92. The number of halogens is 2. The Balaban J connectivity index is 1.55. The fourth-order valence-electron chi connectivity index (χ4n) is 4.29. The second kappa shape index (κ2) is 7.69. The zero-order valence-electron chi connectivity index (χ0n) is 17.3. The summed E-state index contributed by atoms with van der Waals surface area (Å²) in [4.78, 5) is 8.81. The first-order valence-corrected chi connectivity index (χ1v) is 12.0. The van der Waals surface area contributed by atoms with Gasteiger partial charge in [-0.1, -0.05) is 0 Å². The molecular weight excluding hydrogens is 414 g/mol. The molecule has 11 heteroatoms.